The Bertz CT molecular complexity index is 1810. The Morgan fingerprint density at radius 2 is 1.96 bits per heavy atom. The minimum absolute atomic E-state index is 0.00819. The predicted molar refractivity (Wildman–Crippen MR) is 163 cm³/mol. The number of azide groups is 1. The van der Waals surface area contributed by atoms with Crippen LogP contribution in [0.1, 0.15) is 68.7 Å². The fourth-order valence-electron chi connectivity index (χ4n) is 5.74. The van der Waals surface area contributed by atoms with E-state index < -0.39 is 35.8 Å². The van der Waals surface area contributed by atoms with Gasteiger partial charge in [0.15, 0.2) is 6.04 Å². The topological polar surface area (TPSA) is 204 Å². The second-order valence-electron chi connectivity index (χ2n) is 10.9. The summed E-state index contributed by atoms with van der Waals surface area (Å²) in [5, 5.41) is 8.52. The molecule has 2 aliphatic rings. The summed E-state index contributed by atoms with van der Waals surface area (Å²) in [6.07, 6.45) is 0.424. The summed E-state index contributed by atoms with van der Waals surface area (Å²) in [6.45, 7) is 0.0413. The Labute approximate surface area is 268 Å². The van der Waals surface area contributed by atoms with Gasteiger partial charge in [0.2, 0.25) is 29.4 Å². The van der Waals surface area contributed by atoms with Crippen LogP contribution < -0.4 is 10.6 Å². The van der Waals surface area contributed by atoms with Crippen molar-refractivity contribution >= 4 is 41.2 Å². The van der Waals surface area contributed by atoms with Crippen LogP contribution in [0, 0.1) is 0 Å². The van der Waals surface area contributed by atoms with Gasteiger partial charge in [0, 0.05) is 49.1 Å². The Morgan fingerprint density at radius 3 is 2.68 bits per heavy atom. The van der Waals surface area contributed by atoms with Gasteiger partial charge in [-0.3, -0.25) is 29.3 Å². The number of hydrogen-bond donors (Lipinski definition) is 2. The predicted octanol–water partition coefficient (Wildman–Crippen LogP) is 3.22. The maximum atomic E-state index is 14.0. The number of carbonyl (C=O) groups is 6. The van der Waals surface area contributed by atoms with E-state index in [1.165, 1.54) is 36.1 Å². The van der Waals surface area contributed by atoms with Crippen LogP contribution >= 0.6 is 0 Å². The van der Waals surface area contributed by atoms with Crippen LogP contribution in [0.25, 0.3) is 10.4 Å². The smallest absolute Gasteiger partial charge is 0.373 e. The maximum absolute atomic E-state index is 14.0. The number of esters is 1. The quantitative estimate of drug-likeness (QED) is 0.104. The lowest BCUT2D eigenvalue weighted by molar-refractivity contribution is -0.142. The van der Waals surface area contributed by atoms with Gasteiger partial charge >= 0.3 is 5.97 Å². The molecule has 1 fully saturated rings. The SMILES string of the molecule is CNC(=O)C(c1ccc(C(=O)OC)o1)N(Cc1ccc2c(c1)C(=O)N(C1CCC(=O)NC1=O)C2)C(=O)CCc1ccccc1N=[N+]=[N-]. The normalized spacial score (nSPS) is 16.1. The van der Waals surface area contributed by atoms with Crippen LogP contribution in [0.3, 0.4) is 0 Å². The first-order valence-electron chi connectivity index (χ1n) is 14.7. The van der Waals surface area contributed by atoms with Crippen molar-refractivity contribution in [3.8, 4) is 0 Å². The highest BCUT2D eigenvalue weighted by molar-refractivity contribution is 6.05. The van der Waals surface area contributed by atoms with E-state index in [1.807, 2.05) is 0 Å². The van der Waals surface area contributed by atoms with E-state index in [-0.39, 0.29) is 62.1 Å². The highest BCUT2D eigenvalue weighted by Crippen LogP contribution is 2.31. The average Bonchev–Trinajstić information content (AvgIpc) is 3.68. The van der Waals surface area contributed by atoms with Crippen molar-refractivity contribution in [2.75, 3.05) is 14.2 Å². The van der Waals surface area contributed by atoms with Crippen LogP contribution in [0.5, 0.6) is 0 Å². The molecule has 1 saturated heterocycles. The molecule has 2 N–H and O–H groups in total. The monoisotopic (exact) mass is 641 g/mol. The standard InChI is InChI=1S/C32H31N7O8/c1-34-30(43)28(24-11-12-25(47-24)32(45)46-2)39(27(41)14-9-19-5-3-4-6-22(19)36-37-33)16-18-7-8-20-17-38(31(44)21(20)15-18)23-10-13-26(40)35-29(23)42/h3-8,11-12,15,23,28H,9-10,13-14,16-17H2,1-2H3,(H,34,43)(H,35,40,42). The van der Waals surface area contributed by atoms with Gasteiger partial charge in [-0.15, -0.1) is 0 Å². The van der Waals surface area contributed by atoms with E-state index in [0.29, 0.717) is 27.9 Å². The molecular formula is C32H31N7O8. The summed E-state index contributed by atoms with van der Waals surface area (Å²) in [5.41, 5.74) is 11.5. The van der Waals surface area contributed by atoms with Gasteiger partial charge in [0.05, 0.1) is 7.11 Å². The number of fused-ring (bicyclic) bond motifs is 1. The van der Waals surface area contributed by atoms with E-state index in [2.05, 4.69) is 20.7 Å². The summed E-state index contributed by atoms with van der Waals surface area (Å²) in [5.74, 6) is -3.29. The molecule has 0 saturated carbocycles. The minimum Gasteiger partial charge on any atom is -0.463 e. The number of nitrogens with zero attached hydrogens (tertiary/aromatic N) is 5. The van der Waals surface area contributed by atoms with Crippen molar-refractivity contribution in [3.63, 3.8) is 0 Å². The van der Waals surface area contributed by atoms with Crippen molar-refractivity contribution in [1.82, 2.24) is 20.4 Å². The second-order valence-corrected chi connectivity index (χ2v) is 10.9. The maximum Gasteiger partial charge on any atom is 0.373 e. The van der Waals surface area contributed by atoms with Gasteiger partial charge in [-0.05, 0) is 53.3 Å². The van der Waals surface area contributed by atoms with Crippen LogP contribution in [-0.2, 0) is 43.4 Å². The summed E-state index contributed by atoms with van der Waals surface area (Å²) in [4.78, 5) is 82.7. The fourth-order valence-corrected chi connectivity index (χ4v) is 5.74. The number of piperidine rings is 1. The molecule has 15 heteroatoms. The third kappa shape index (κ3) is 6.84. The van der Waals surface area contributed by atoms with Gasteiger partial charge in [-0.25, -0.2) is 4.79 Å². The molecule has 2 aliphatic heterocycles. The third-order valence-corrected chi connectivity index (χ3v) is 8.11. The highest BCUT2D eigenvalue weighted by atomic mass is 16.5. The third-order valence-electron chi connectivity index (χ3n) is 8.11. The number of ether oxygens (including phenoxy) is 1. The van der Waals surface area contributed by atoms with E-state index in [4.69, 9.17) is 14.7 Å². The minimum atomic E-state index is -1.32. The molecule has 5 amide bonds. The van der Waals surface area contributed by atoms with Crippen molar-refractivity contribution < 1.29 is 37.9 Å². The number of carbonyl (C=O) groups excluding carboxylic acids is 6. The molecule has 15 nitrogen and oxygen atoms in total. The summed E-state index contributed by atoms with van der Waals surface area (Å²) < 4.78 is 10.4. The Hall–Kier alpha value is -5.95. The number of methoxy groups -OCH3 is 1. The van der Waals surface area contributed by atoms with E-state index in [0.717, 1.165) is 0 Å². The largest absolute Gasteiger partial charge is 0.463 e. The van der Waals surface area contributed by atoms with Gasteiger partial charge in [-0.2, -0.15) is 0 Å². The first-order valence-corrected chi connectivity index (χ1v) is 14.7. The summed E-state index contributed by atoms with van der Waals surface area (Å²) in [7, 11) is 2.58. The zero-order valence-corrected chi connectivity index (χ0v) is 25.6. The van der Waals surface area contributed by atoms with Crippen LogP contribution in [0.15, 0.2) is 64.1 Å². The number of nitrogens with one attached hydrogen (secondary N) is 2. The van der Waals surface area contributed by atoms with Crippen LogP contribution in [-0.4, -0.2) is 65.5 Å². The molecule has 2 unspecified atom stereocenters. The molecule has 5 rings (SSSR count). The van der Waals surface area contributed by atoms with E-state index in [1.54, 1.807) is 42.5 Å². The molecule has 0 spiro atoms. The van der Waals surface area contributed by atoms with E-state index >= 15 is 0 Å². The van der Waals surface area contributed by atoms with Crippen LogP contribution in [0.2, 0.25) is 0 Å². The average molecular weight is 642 g/mol. The molecular weight excluding hydrogens is 610 g/mol. The lowest BCUT2D eigenvalue weighted by Crippen LogP contribution is -2.52. The lowest BCUT2D eigenvalue weighted by atomic mass is 10.0. The second kappa shape index (κ2) is 14.0. The molecule has 1 aromatic heterocycles. The van der Waals surface area contributed by atoms with Crippen molar-refractivity contribution in [2.45, 2.75) is 50.9 Å². The first-order chi connectivity index (χ1) is 22.6. The molecule has 2 aromatic carbocycles. The zero-order valence-electron chi connectivity index (χ0n) is 25.6. The molecule has 2 atom stereocenters. The molecule has 0 aliphatic carbocycles. The summed E-state index contributed by atoms with van der Waals surface area (Å²) in [6, 6.07) is 12.5. The van der Waals surface area contributed by atoms with Crippen LogP contribution in [0.4, 0.5) is 5.69 Å². The molecule has 3 aromatic rings. The zero-order chi connectivity index (χ0) is 33.7. The molecule has 0 bridgehead atoms. The molecule has 0 radical (unpaired) electrons. The lowest BCUT2D eigenvalue weighted by Gasteiger charge is -2.30. The van der Waals surface area contributed by atoms with Crippen molar-refractivity contribution in [2.24, 2.45) is 5.11 Å². The number of benzene rings is 2. The number of furan rings is 1. The van der Waals surface area contributed by atoms with E-state index in [9.17, 15) is 28.8 Å². The number of aryl methyl sites for hydroxylation is 1. The first kappa shape index (κ1) is 32.4. The Balaban J connectivity index is 1.47. The number of hydrogen-bond acceptors (Lipinski definition) is 9. The molecule has 3 heterocycles. The van der Waals surface area contributed by atoms with Crippen molar-refractivity contribution in [3.05, 3.63) is 98.8 Å². The van der Waals surface area contributed by atoms with Crippen molar-refractivity contribution in [1.29, 1.82) is 0 Å². The van der Waals surface area contributed by atoms with Gasteiger partial charge in [-0.1, -0.05) is 41.5 Å². The number of imide groups is 1. The fraction of sp³-hybridized carbons (Fsp3) is 0.312. The number of likely N-dealkylation sites (N-methyl/N-ethyl adjacent to an activating group) is 1. The Morgan fingerprint density at radius 1 is 1.17 bits per heavy atom. The summed E-state index contributed by atoms with van der Waals surface area (Å²) >= 11 is 0. The number of rotatable bonds is 11. The molecule has 47 heavy (non-hydrogen) atoms. The number of amides is 5. The highest BCUT2D eigenvalue weighted by Gasteiger charge is 2.40. The Kier molecular flexibility index (Phi) is 9.66. The van der Waals surface area contributed by atoms with Gasteiger partial charge in [0.25, 0.3) is 5.91 Å². The van der Waals surface area contributed by atoms with Gasteiger partial charge in [0.1, 0.15) is 11.8 Å². The molecule has 242 valence electrons. The van der Waals surface area contributed by atoms with Gasteiger partial charge < -0.3 is 24.3 Å².